The zero-order chi connectivity index (χ0) is 16.5. The summed E-state index contributed by atoms with van der Waals surface area (Å²) in [7, 11) is 0. The fourth-order valence-corrected chi connectivity index (χ4v) is 2.55. The number of carbonyl (C=O) groups excluding carboxylic acids is 1. The van der Waals surface area contributed by atoms with E-state index in [0.29, 0.717) is 5.56 Å². The minimum absolute atomic E-state index is 0.209. The Bertz CT molecular complexity index is 576. The summed E-state index contributed by atoms with van der Waals surface area (Å²) in [4.78, 5) is 11.8. The van der Waals surface area contributed by atoms with Gasteiger partial charge in [0.2, 0.25) is 0 Å². The number of hydrogen-bond acceptors (Lipinski definition) is 3. The van der Waals surface area contributed by atoms with E-state index in [-0.39, 0.29) is 5.69 Å². The van der Waals surface area contributed by atoms with Crippen molar-refractivity contribution in [1.82, 2.24) is 5.32 Å². The van der Waals surface area contributed by atoms with E-state index >= 15 is 0 Å². The smallest absolute Gasteiger partial charge is 0.412 e. The van der Waals surface area contributed by atoms with Crippen LogP contribution in [0.25, 0.3) is 0 Å². The molecule has 1 amide bonds. The zero-order valence-corrected chi connectivity index (χ0v) is 13.3. The number of nitrogens with one attached hydrogen (secondary N) is 2. The van der Waals surface area contributed by atoms with Gasteiger partial charge in [-0.25, -0.2) is 13.6 Å². The van der Waals surface area contributed by atoms with E-state index in [1.54, 1.807) is 20.8 Å². The highest BCUT2D eigenvalue weighted by Crippen LogP contribution is 2.33. The summed E-state index contributed by atoms with van der Waals surface area (Å²) < 4.78 is 32.8. The molecule has 1 aliphatic heterocycles. The molecule has 1 fully saturated rings. The Kier molecular flexibility index (Phi) is 4.42. The molecule has 0 spiro atoms. The Morgan fingerprint density at radius 3 is 2.59 bits per heavy atom. The Hall–Kier alpha value is -1.69. The van der Waals surface area contributed by atoms with E-state index in [2.05, 4.69) is 10.6 Å². The molecule has 0 aromatic heterocycles. The normalized spacial score (nSPS) is 21.7. The van der Waals surface area contributed by atoms with Crippen molar-refractivity contribution in [2.45, 2.75) is 51.7 Å². The molecule has 2 N–H and O–H groups in total. The van der Waals surface area contributed by atoms with Crippen LogP contribution in [0.5, 0.6) is 0 Å². The Morgan fingerprint density at radius 2 is 2.05 bits per heavy atom. The van der Waals surface area contributed by atoms with Gasteiger partial charge in [-0.05, 0) is 64.8 Å². The van der Waals surface area contributed by atoms with Crippen LogP contribution in [0.3, 0.4) is 0 Å². The average molecular weight is 312 g/mol. The second-order valence-electron chi connectivity index (χ2n) is 6.81. The van der Waals surface area contributed by atoms with Crippen molar-refractivity contribution in [3.8, 4) is 0 Å². The monoisotopic (exact) mass is 312 g/mol. The summed E-state index contributed by atoms with van der Waals surface area (Å²) in [6, 6.07) is 2.63. The third kappa shape index (κ3) is 3.74. The molecule has 1 aliphatic rings. The standard InChI is InChI=1S/C16H22F2N2O2/c1-15(2,3)22-14(21)20-12-9-10(8-11(17)13(12)18)16(4)6-5-7-19-16/h8-9,19H,5-7H2,1-4H3,(H,20,21). The molecule has 0 bridgehead atoms. The summed E-state index contributed by atoms with van der Waals surface area (Å²) in [6.45, 7) is 7.85. The van der Waals surface area contributed by atoms with Gasteiger partial charge in [-0.2, -0.15) is 0 Å². The van der Waals surface area contributed by atoms with Crippen molar-refractivity contribution >= 4 is 11.8 Å². The van der Waals surface area contributed by atoms with Crippen LogP contribution in [-0.2, 0) is 10.3 Å². The van der Waals surface area contributed by atoms with Crippen LogP contribution in [0.2, 0.25) is 0 Å². The zero-order valence-electron chi connectivity index (χ0n) is 13.3. The van der Waals surface area contributed by atoms with Crippen molar-refractivity contribution in [2.24, 2.45) is 0 Å². The van der Waals surface area contributed by atoms with Crippen molar-refractivity contribution < 1.29 is 18.3 Å². The maximum atomic E-state index is 13.9. The molecule has 0 radical (unpaired) electrons. The van der Waals surface area contributed by atoms with E-state index < -0.39 is 28.9 Å². The largest absolute Gasteiger partial charge is 0.444 e. The fourth-order valence-electron chi connectivity index (χ4n) is 2.55. The lowest BCUT2D eigenvalue weighted by molar-refractivity contribution is 0.0635. The third-order valence-electron chi connectivity index (χ3n) is 3.67. The number of carbonyl (C=O) groups is 1. The Morgan fingerprint density at radius 1 is 1.36 bits per heavy atom. The minimum atomic E-state index is -1.09. The number of anilines is 1. The second-order valence-corrected chi connectivity index (χ2v) is 6.81. The summed E-state index contributed by atoms with van der Waals surface area (Å²) in [6.07, 6.45) is 0.973. The molecule has 1 aromatic rings. The van der Waals surface area contributed by atoms with E-state index in [9.17, 15) is 13.6 Å². The van der Waals surface area contributed by atoms with Crippen LogP contribution >= 0.6 is 0 Å². The number of halogens is 2. The van der Waals surface area contributed by atoms with Gasteiger partial charge in [0.15, 0.2) is 11.6 Å². The van der Waals surface area contributed by atoms with Crippen molar-refractivity contribution in [3.63, 3.8) is 0 Å². The van der Waals surface area contributed by atoms with Gasteiger partial charge >= 0.3 is 6.09 Å². The molecule has 6 heteroatoms. The van der Waals surface area contributed by atoms with Gasteiger partial charge in [0.25, 0.3) is 0 Å². The Balaban J connectivity index is 2.27. The lowest BCUT2D eigenvalue weighted by Gasteiger charge is -2.26. The van der Waals surface area contributed by atoms with Crippen LogP contribution in [0.15, 0.2) is 12.1 Å². The third-order valence-corrected chi connectivity index (χ3v) is 3.67. The second kappa shape index (κ2) is 5.83. The quantitative estimate of drug-likeness (QED) is 0.870. The number of rotatable bonds is 2. The van der Waals surface area contributed by atoms with Gasteiger partial charge in [-0.3, -0.25) is 5.32 Å². The van der Waals surface area contributed by atoms with E-state index in [1.165, 1.54) is 12.1 Å². The van der Waals surface area contributed by atoms with Crippen LogP contribution in [-0.4, -0.2) is 18.2 Å². The van der Waals surface area contributed by atoms with Crippen molar-refractivity contribution in [1.29, 1.82) is 0 Å². The molecule has 1 atom stereocenters. The van der Waals surface area contributed by atoms with Crippen LogP contribution in [0.1, 0.15) is 46.1 Å². The van der Waals surface area contributed by atoms with Crippen LogP contribution in [0.4, 0.5) is 19.3 Å². The number of ether oxygens (including phenoxy) is 1. The molecular weight excluding hydrogens is 290 g/mol. The number of amides is 1. The average Bonchev–Trinajstić information content (AvgIpc) is 2.80. The van der Waals surface area contributed by atoms with E-state index in [4.69, 9.17) is 4.74 Å². The molecule has 22 heavy (non-hydrogen) atoms. The fraction of sp³-hybridized carbons (Fsp3) is 0.562. The van der Waals surface area contributed by atoms with Gasteiger partial charge in [-0.15, -0.1) is 0 Å². The topological polar surface area (TPSA) is 50.4 Å². The first-order valence-corrected chi connectivity index (χ1v) is 7.35. The molecule has 4 nitrogen and oxygen atoms in total. The maximum absolute atomic E-state index is 13.9. The first-order valence-electron chi connectivity index (χ1n) is 7.35. The highest BCUT2D eigenvalue weighted by atomic mass is 19.2. The molecule has 0 aliphatic carbocycles. The van der Waals surface area contributed by atoms with Gasteiger partial charge in [-0.1, -0.05) is 0 Å². The highest BCUT2D eigenvalue weighted by Gasteiger charge is 2.32. The predicted octanol–water partition coefficient (Wildman–Crippen LogP) is 3.91. The van der Waals surface area contributed by atoms with Gasteiger partial charge in [0, 0.05) is 5.54 Å². The summed E-state index contributed by atoms with van der Waals surface area (Å²) >= 11 is 0. The van der Waals surface area contributed by atoms with Gasteiger partial charge < -0.3 is 10.1 Å². The number of hydrogen-bond donors (Lipinski definition) is 2. The Labute approximate surface area is 129 Å². The lowest BCUT2D eigenvalue weighted by atomic mass is 9.90. The predicted molar refractivity (Wildman–Crippen MR) is 80.8 cm³/mol. The highest BCUT2D eigenvalue weighted by molar-refractivity contribution is 5.85. The first-order chi connectivity index (χ1) is 10.1. The van der Waals surface area contributed by atoms with Crippen LogP contribution in [0, 0.1) is 11.6 Å². The minimum Gasteiger partial charge on any atom is -0.444 e. The molecule has 1 unspecified atom stereocenters. The summed E-state index contributed by atoms with van der Waals surface area (Å²) in [5.41, 5.74) is -0.733. The van der Waals surface area contributed by atoms with Crippen LogP contribution < -0.4 is 10.6 Å². The van der Waals surface area contributed by atoms with Gasteiger partial charge in [0.05, 0.1) is 5.69 Å². The van der Waals surface area contributed by atoms with Gasteiger partial charge in [0.1, 0.15) is 5.60 Å². The van der Waals surface area contributed by atoms with E-state index in [1.807, 2.05) is 6.92 Å². The molecule has 1 heterocycles. The lowest BCUT2D eigenvalue weighted by Crippen LogP contribution is -2.33. The van der Waals surface area contributed by atoms with E-state index in [0.717, 1.165) is 19.4 Å². The van der Waals surface area contributed by atoms with Crippen molar-refractivity contribution in [2.75, 3.05) is 11.9 Å². The molecule has 122 valence electrons. The summed E-state index contributed by atoms with van der Waals surface area (Å²) in [5, 5.41) is 5.57. The first kappa shape index (κ1) is 16.7. The maximum Gasteiger partial charge on any atom is 0.412 e. The SMILES string of the molecule is CC(C)(C)OC(=O)Nc1cc(C2(C)CCCN2)cc(F)c1F. The molecule has 0 saturated carbocycles. The molecule has 1 saturated heterocycles. The molecular formula is C16H22F2N2O2. The summed E-state index contributed by atoms with van der Waals surface area (Å²) in [5.74, 6) is -2.07. The molecule has 2 rings (SSSR count). The molecule has 1 aromatic carbocycles. The van der Waals surface area contributed by atoms with Crippen molar-refractivity contribution in [3.05, 3.63) is 29.3 Å². The number of benzene rings is 1.